The van der Waals surface area contributed by atoms with Crippen molar-refractivity contribution in [2.24, 2.45) is 0 Å². The van der Waals surface area contributed by atoms with E-state index in [4.69, 9.17) is 0 Å². The molecule has 0 aliphatic heterocycles. The van der Waals surface area contributed by atoms with Gasteiger partial charge in [-0.05, 0) is 30.2 Å². The molecule has 114 valence electrons. The van der Waals surface area contributed by atoms with E-state index in [2.05, 4.69) is 15.2 Å². The summed E-state index contributed by atoms with van der Waals surface area (Å²) >= 11 is 1.61. The van der Waals surface area contributed by atoms with Gasteiger partial charge in [0, 0.05) is 28.7 Å². The van der Waals surface area contributed by atoms with E-state index in [1.54, 1.807) is 28.2 Å². The highest BCUT2D eigenvalue weighted by Crippen LogP contribution is 2.22. The van der Waals surface area contributed by atoms with Crippen molar-refractivity contribution in [1.82, 2.24) is 19.7 Å². The monoisotopic (exact) mass is 322 g/mol. The van der Waals surface area contributed by atoms with Crippen molar-refractivity contribution < 1.29 is 0 Å². The number of pyridine rings is 1. The van der Waals surface area contributed by atoms with Crippen LogP contribution >= 0.6 is 11.3 Å². The van der Waals surface area contributed by atoms with E-state index in [0.29, 0.717) is 6.54 Å². The molecule has 3 heterocycles. The lowest BCUT2D eigenvalue weighted by atomic mass is 10.1. The fourth-order valence-electron chi connectivity index (χ4n) is 2.59. The number of nitrogens with zero attached hydrogens (tertiary/aromatic N) is 3. The molecule has 0 bridgehead atoms. The van der Waals surface area contributed by atoms with E-state index in [1.807, 2.05) is 43.6 Å². The molecule has 0 saturated heterocycles. The predicted octanol–water partition coefficient (Wildman–Crippen LogP) is 3.20. The van der Waals surface area contributed by atoms with Crippen molar-refractivity contribution in [3.8, 4) is 11.1 Å². The molecule has 0 fully saturated rings. The molecule has 5 nitrogen and oxygen atoms in total. The van der Waals surface area contributed by atoms with Crippen LogP contribution in [0.3, 0.4) is 0 Å². The van der Waals surface area contributed by atoms with Gasteiger partial charge in [-0.3, -0.25) is 9.89 Å². The number of hydrogen-bond acceptors (Lipinski definition) is 4. The van der Waals surface area contributed by atoms with Crippen LogP contribution in [0, 0.1) is 6.92 Å². The van der Waals surface area contributed by atoms with Crippen molar-refractivity contribution in [2.45, 2.75) is 13.5 Å². The Hall–Kier alpha value is -2.73. The van der Waals surface area contributed by atoms with Gasteiger partial charge in [-0.15, -0.1) is 11.3 Å². The van der Waals surface area contributed by atoms with E-state index in [1.165, 1.54) is 0 Å². The average molecular weight is 322 g/mol. The molecule has 0 aliphatic rings. The number of fused-ring (bicyclic) bond motifs is 1. The van der Waals surface area contributed by atoms with Crippen molar-refractivity contribution in [3.63, 3.8) is 0 Å². The third kappa shape index (κ3) is 2.68. The molecule has 3 aromatic heterocycles. The second-order valence-corrected chi connectivity index (χ2v) is 6.72. The van der Waals surface area contributed by atoms with E-state index in [-0.39, 0.29) is 5.56 Å². The normalized spacial score (nSPS) is 11.2. The topological polar surface area (TPSA) is 63.6 Å². The summed E-state index contributed by atoms with van der Waals surface area (Å²) < 4.78 is 1.72. The summed E-state index contributed by atoms with van der Waals surface area (Å²) in [7, 11) is 0. The summed E-state index contributed by atoms with van der Waals surface area (Å²) in [6, 6.07) is 9.58. The van der Waals surface area contributed by atoms with Crippen LogP contribution in [0.4, 0.5) is 0 Å². The summed E-state index contributed by atoms with van der Waals surface area (Å²) in [5, 5.41) is 9.09. The van der Waals surface area contributed by atoms with Gasteiger partial charge in [0.1, 0.15) is 0 Å². The van der Waals surface area contributed by atoms with Crippen LogP contribution in [-0.4, -0.2) is 19.7 Å². The van der Waals surface area contributed by atoms with Gasteiger partial charge in [-0.2, -0.15) is 5.10 Å². The number of H-pyrrole nitrogens is 1. The van der Waals surface area contributed by atoms with Gasteiger partial charge in [0.15, 0.2) is 0 Å². The highest BCUT2D eigenvalue weighted by molar-refractivity contribution is 7.11. The second-order valence-electron chi connectivity index (χ2n) is 5.40. The molecule has 4 rings (SSSR count). The molecule has 0 spiro atoms. The number of nitrogens with one attached hydrogen (secondary N) is 1. The number of hydrogen-bond donors (Lipinski definition) is 1. The van der Waals surface area contributed by atoms with Crippen LogP contribution in [0.2, 0.25) is 0 Å². The maximum atomic E-state index is 12.1. The highest BCUT2D eigenvalue weighted by atomic mass is 32.1. The first-order valence-corrected chi connectivity index (χ1v) is 8.06. The Labute approximate surface area is 136 Å². The molecule has 0 unspecified atom stereocenters. The van der Waals surface area contributed by atoms with Gasteiger partial charge in [-0.1, -0.05) is 12.1 Å². The first-order chi connectivity index (χ1) is 11.2. The average Bonchev–Trinajstić information content (AvgIpc) is 3.17. The van der Waals surface area contributed by atoms with Gasteiger partial charge in [-0.25, -0.2) is 4.98 Å². The van der Waals surface area contributed by atoms with Gasteiger partial charge in [0.2, 0.25) is 0 Å². The Morgan fingerprint density at radius 1 is 1.17 bits per heavy atom. The van der Waals surface area contributed by atoms with Crippen LogP contribution in [0.25, 0.3) is 22.0 Å². The van der Waals surface area contributed by atoms with Crippen LogP contribution in [0.1, 0.15) is 9.88 Å². The van der Waals surface area contributed by atoms with Crippen LogP contribution in [-0.2, 0) is 6.54 Å². The highest BCUT2D eigenvalue weighted by Gasteiger charge is 2.06. The number of thiazole rings is 1. The van der Waals surface area contributed by atoms with E-state index >= 15 is 0 Å². The van der Waals surface area contributed by atoms with Crippen LogP contribution in [0.15, 0.2) is 53.7 Å². The minimum Gasteiger partial charge on any atom is -0.310 e. The molecule has 4 aromatic rings. The molecule has 0 aliphatic carbocycles. The lowest BCUT2D eigenvalue weighted by molar-refractivity contribution is 0.770. The van der Waals surface area contributed by atoms with Crippen molar-refractivity contribution in [2.75, 3.05) is 0 Å². The van der Waals surface area contributed by atoms with Crippen molar-refractivity contribution >= 4 is 22.2 Å². The zero-order chi connectivity index (χ0) is 15.8. The van der Waals surface area contributed by atoms with Crippen molar-refractivity contribution in [3.05, 3.63) is 69.2 Å². The maximum Gasteiger partial charge on any atom is 0.250 e. The minimum absolute atomic E-state index is 0.0116. The second kappa shape index (κ2) is 5.48. The zero-order valence-corrected chi connectivity index (χ0v) is 13.3. The van der Waals surface area contributed by atoms with E-state index < -0.39 is 0 Å². The SMILES string of the molecule is Cc1ncc(Cn2cc(-c3ccc4cn[nH]c4c3)ccc2=O)s1. The van der Waals surface area contributed by atoms with Gasteiger partial charge < -0.3 is 4.57 Å². The van der Waals surface area contributed by atoms with E-state index in [9.17, 15) is 4.79 Å². The van der Waals surface area contributed by atoms with Gasteiger partial charge >= 0.3 is 0 Å². The summed E-state index contributed by atoms with van der Waals surface area (Å²) in [5.41, 5.74) is 3.03. The molecule has 0 atom stereocenters. The number of aromatic amines is 1. The fraction of sp³-hybridized carbons (Fsp3) is 0.118. The Bertz CT molecular complexity index is 1040. The number of rotatable bonds is 3. The number of aromatic nitrogens is 4. The standard InChI is InChI=1S/C17H14N4OS/c1-11-18-8-15(23-11)10-21-9-14(4-5-17(21)22)12-2-3-13-7-19-20-16(13)6-12/h2-9H,10H2,1H3,(H,19,20). The Morgan fingerprint density at radius 2 is 2.04 bits per heavy atom. The molecule has 0 saturated carbocycles. The van der Waals surface area contributed by atoms with Gasteiger partial charge in [0.25, 0.3) is 5.56 Å². The number of benzene rings is 1. The summed E-state index contributed by atoms with van der Waals surface area (Å²) in [4.78, 5) is 17.4. The summed E-state index contributed by atoms with van der Waals surface area (Å²) in [6.07, 6.45) is 5.52. The minimum atomic E-state index is -0.0116. The molecular formula is C17H14N4OS. The molecule has 1 aromatic carbocycles. The lowest BCUT2D eigenvalue weighted by Gasteiger charge is -2.07. The summed E-state index contributed by atoms with van der Waals surface area (Å²) in [6.45, 7) is 2.51. The largest absolute Gasteiger partial charge is 0.310 e. The molecular weight excluding hydrogens is 308 g/mol. The summed E-state index contributed by atoms with van der Waals surface area (Å²) in [5.74, 6) is 0. The molecule has 23 heavy (non-hydrogen) atoms. The predicted molar refractivity (Wildman–Crippen MR) is 91.7 cm³/mol. The third-order valence-corrected chi connectivity index (χ3v) is 4.65. The quantitative estimate of drug-likeness (QED) is 0.630. The maximum absolute atomic E-state index is 12.1. The Balaban J connectivity index is 1.74. The molecule has 1 N–H and O–H groups in total. The third-order valence-electron chi connectivity index (χ3n) is 3.75. The van der Waals surface area contributed by atoms with Crippen molar-refractivity contribution in [1.29, 1.82) is 0 Å². The van der Waals surface area contributed by atoms with Crippen LogP contribution in [0.5, 0.6) is 0 Å². The Kier molecular flexibility index (Phi) is 3.31. The molecule has 0 amide bonds. The molecule has 6 heteroatoms. The number of aryl methyl sites for hydroxylation is 1. The molecule has 0 radical (unpaired) electrons. The first kappa shape index (κ1) is 13.9. The lowest BCUT2D eigenvalue weighted by Crippen LogP contribution is -2.18. The first-order valence-electron chi connectivity index (χ1n) is 7.24. The van der Waals surface area contributed by atoms with E-state index in [0.717, 1.165) is 31.9 Å². The van der Waals surface area contributed by atoms with Gasteiger partial charge in [0.05, 0.1) is 23.3 Å². The Morgan fingerprint density at radius 3 is 2.87 bits per heavy atom. The van der Waals surface area contributed by atoms with Crippen LogP contribution < -0.4 is 5.56 Å². The fourth-order valence-corrected chi connectivity index (χ4v) is 3.38. The smallest absolute Gasteiger partial charge is 0.250 e. The zero-order valence-electron chi connectivity index (χ0n) is 12.5.